The SMILES string of the molecule is Cl.O=C(OC(CCN1CCCCC1)c1ccccc1)C1(c2ccccc2)CCCC1. The summed E-state index contributed by atoms with van der Waals surface area (Å²) >= 11 is 0. The fraction of sp³-hybridized carbons (Fsp3) is 0.500. The van der Waals surface area contributed by atoms with Gasteiger partial charge in [0, 0.05) is 13.0 Å². The Morgan fingerprint density at radius 2 is 1.47 bits per heavy atom. The van der Waals surface area contributed by atoms with E-state index in [1.54, 1.807) is 0 Å². The number of ether oxygens (including phenoxy) is 1. The van der Waals surface area contributed by atoms with Gasteiger partial charge in [-0.1, -0.05) is 79.9 Å². The highest BCUT2D eigenvalue weighted by atomic mass is 35.5. The number of nitrogens with zero attached hydrogens (tertiary/aromatic N) is 1. The van der Waals surface area contributed by atoms with Crippen molar-refractivity contribution in [2.45, 2.75) is 62.9 Å². The van der Waals surface area contributed by atoms with Crippen molar-refractivity contribution in [3.63, 3.8) is 0 Å². The lowest BCUT2D eigenvalue weighted by Gasteiger charge is -2.32. The van der Waals surface area contributed by atoms with Crippen LogP contribution in [0, 0.1) is 0 Å². The molecule has 0 N–H and O–H groups in total. The molecule has 2 aliphatic rings. The smallest absolute Gasteiger partial charge is 0.317 e. The molecule has 2 fully saturated rings. The zero-order valence-electron chi connectivity index (χ0n) is 17.8. The van der Waals surface area contributed by atoms with Gasteiger partial charge in [0.1, 0.15) is 6.10 Å². The summed E-state index contributed by atoms with van der Waals surface area (Å²) in [5, 5.41) is 0. The third-order valence-electron chi connectivity index (χ3n) is 6.75. The maximum atomic E-state index is 13.6. The number of carbonyl (C=O) groups is 1. The van der Waals surface area contributed by atoms with Crippen molar-refractivity contribution < 1.29 is 9.53 Å². The number of benzene rings is 2. The molecule has 1 heterocycles. The summed E-state index contributed by atoms with van der Waals surface area (Å²) in [6.45, 7) is 3.33. The zero-order valence-corrected chi connectivity index (χ0v) is 18.6. The minimum atomic E-state index is -0.473. The molecular formula is C26H34ClNO2. The molecule has 1 atom stereocenters. The van der Waals surface area contributed by atoms with E-state index in [0.717, 1.165) is 49.8 Å². The fourth-order valence-electron chi connectivity index (χ4n) is 5.03. The minimum Gasteiger partial charge on any atom is -0.457 e. The molecule has 1 unspecified atom stereocenters. The molecular weight excluding hydrogens is 394 g/mol. The van der Waals surface area contributed by atoms with Gasteiger partial charge in [-0.25, -0.2) is 0 Å². The van der Waals surface area contributed by atoms with E-state index >= 15 is 0 Å². The Morgan fingerprint density at radius 3 is 2.10 bits per heavy atom. The Kier molecular flexibility index (Phi) is 8.35. The van der Waals surface area contributed by atoms with Crippen LogP contribution in [0.4, 0.5) is 0 Å². The average molecular weight is 428 g/mol. The summed E-state index contributed by atoms with van der Waals surface area (Å²) in [7, 11) is 0. The van der Waals surface area contributed by atoms with Crippen molar-refractivity contribution in [2.24, 2.45) is 0 Å². The zero-order chi connectivity index (χ0) is 19.9. The molecule has 4 rings (SSSR count). The van der Waals surface area contributed by atoms with E-state index < -0.39 is 5.41 Å². The molecule has 1 aliphatic carbocycles. The molecule has 0 bridgehead atoms. The Hall–Kier alpha value is -1.84. The number of hydrogen-bond acceptors (Lipinski definition) is 3. The summed E-state index contributed by atoms with van der Waals surface area (Å²) in [5.74, 6) is -0.0336. The van der Waals surface area contributed by atoms with E-state index in [-0.39, 0.29) is 24.5 Å². The first-order valence-electron chi connectivity index (χ1n) is 11.3. The molecule has 1 aliphatic heterocycles. The summed E-state index contributed by atoms with van der Waals surface area (Å²) in [4.78, 5) is 16.1. The van der Waals surface area contributed by atoms with Gasteiger partial charge in [0.25, 0.3) is 0 Å². The Morgan fingerprint density at radius 1 is 0.867 bits per heavy atom. The molecule has 162 valence electrons. The molecule has 0 spiro atoms. The van der Waals surface area contributed by atoms with E-state index in [9.17, 15) is 4.79 Å². The molecule has 2 aromatic rings. The molecule has 30 heavy (non-hydrogen) atoms. The Labute approximate surface area is 187 Å². The lowest BCUT2D eigenvalue weighted by molar-refractivity contribution is -0.157. The van der Waals surface area contributed by atoms with Crippen molar-refractivity contribution >= 4 is 18.4 Å². The van der Waals surface area contributed by atoms with E-state index in [4.69, 9.17) is 4.74 Å². The van der Waals surface area contributed by atoms with Crippen LogP contribution in [0.25, 0.3) is 0 Å². The highest BCUT2D eigenvalue weighted by molar-refractivity contribution is 5.85. The van der Waals surface area contributed by atoms with Crippen molar-refractivity contribution in [3.8, 4) is 0 Å². The van der Waals surface area contributed by atoms with Crippen LogP contribution in [0.2, 0.25) is 0 Å². The number of likely N-dealkylation sites (tertiary alicyclic amines) is 1. The van der Waals surface area contributed by atoms with Crippen LogP contribution in [0.3, 0.4) is 0 Å². The molecule has 0 amide bonds. The lowest BCUT2D eigenvalue weighted by atomic mass is 9.79. The van der Waals surface area contributed by atoms with Crippen LogP contribution in [0.15, 0.2) is 60.7 Å². The van der Waals surface area contributed by atoms with Crippen molar-refractivity contribution in [1.82, 2.24) is 4.90 Å². The van der Waals surface area contributed by atoms with Crippen LogP contribution in [-0.4, -0.2) is 30.5 Å². The first kappa shape index (κ1) is 22.8. The molecule has 0 radical (unpaired) electrons. The van der Waals surface area contributed by atoms with Gasteiger partial charge in [-0.2, -0.15) is 0 Å². The summed E-state index contributed by atoms with van der Waals surface area (Å²) in [6, 6.07) is 20.6. The normalized spacial score (nSPS) is 19.6. The molecule has 2 aromatic carbocycles. The van der Waals surface area contributed by atoms with Crippen LogP contribution in [-0.2, 0) is 14.9 Å². The van der Waals surface area contributed by atoms with Crippen molar-refractivity contribution in [1.29, 1.82) is 0 Å². The number of rotatable bonds is 7. The Bertz CT molecular complexity index is 768. The topological polar surface area (TPSA) is 29.5 Å². The second-order valence-electron chi connectivity index (χ2n) is 8.65. The first-order chi connectivity index (χ1) is 14.3. The monoisotopic (exact) mass is 427 g/mol. The van der Waals surface area contributed by atoms with E-state index in [0.29, 0.717) is 0 Å². The molecule has 1 saturated carbocycles. The quantitative estimate of drug-likeness (QED) is 0.501. The molecule has 3 nitrogen and oxygen atoms in total. The van der Waals surface area contributed by atoms with Crippen LogP contribution in [0.1, 0.15) is 68.6 Å². The third-order valence-corrected chi connectivity index (χ3v) is 6.75. The summed E-state index contributed by atoms with van der Waals surface area (Å²) < 4.78 is 6.30. The van der Waals surface area contributed by atoms with Gasteiger partial charge >= 0.3 is 5.97 Å². The maximum absolute atomic E-state index is 13.6. The standard InChI is InChI=1S/C26H33NO2.ClH/c28-25(26(17-8-9-18-26)23-14-6-2-7-15-23)29-24(22-12-4-1-5-13-22)16-21-27-19-10-3-11-20-27;/h1-2,4-7,12-15,24H,3,8-11,16-21H2;1H. The highest BCUT2D eigenvalue weighted by Crippen LogP contribution is 2.43. The third kappa shape index (κ3) is 5.25. The summed E-state index contributed by atoms with van der Waals surface area (Å²) in [5.41, 5.74) is 1.75. The highest BCUT2D eigenvalue weighted by Gasteiger charge is 2.45. The van der Waals surface area contributed by atoms with Crippen LogP contribution in [0.5, 0.6) is 0 Å². The van der Waals surface area contributed by atoms with Gasteiger partial charge < -0.3 is 9.64 Å². The Balaban J connectivity index is 0.00000256. The van der Waals surface area contributed by atoms with Gasteiger partial charge in [-0.15, -0.1) is 12.4 Å². The molecule has 4 heteroatoms. The van der Waals surface area contributed by atoms with Gasteiger partial charge in [0.05, 0.1) is 5.41 Å². The van der Waals surface area contributed by atoms with Gasteiger partial charge in [-0.05, 0) is 49.9 Å². The predicted molar refractivity (Wildman–Crippen MR) is 124 cm³/mol. The number of esters is 1. The fourth-order valence-corrected chi connectivity index (χ4v) is 5.03. The second-order valence-corrected chi connectivity index (χ2v) is 8.65. The van der Waals surface area contributed by atoms with Gasteiger partial charge in [0.15, 0.2) is 0 Å². The maximum Gasteiger partial charge on any atom is 0.317 e. The second kappa shape index (κ2) is 11.0. The van der Waals surface area contributed by atoms with E-state index in [1.165, 1.54) is 32.4 Å². The predicted octanol–water partition coefficient (Wildman–Crippen LogP) is 6.08. The average Bonchev–Trinajstić information content (AvgIpc) is 3.30. The number of hydrogen-bond donors (Lipinski definition) is 0. The minimum absolute atomic E-state index is 0. The van der Waals surface area contributed by atoms with Crippen molar-refractivity contribution in [2.75, 3.05) is 19.6 Å². The largest absolute Gasteiger partial charge is 0.457 e. The molecule has 1 saturated heterocycles. The van der Waals surface area contributed by atoms with Crippen LogP contribution >= 0.6 is 12.4 Å². The number of carbonyl (C=O) groups excluding carboxylic acids is 1. The van der Waals surface area contributed by atoms with Crippen LogP contribution < -0.4 is 0 Å². The van der Waals surface area contributed by atoms with Crippen molar-refractivity contribution in [3.05, 3.63) is 71.8 Å². The number of piperidine rings is 1. The lowest BCUT2D eigenvalue weighted by Crippen LogP contribution is -2.36. The molecule has 0 aromatic heterocycles. The van der Waals surface area contributed by atoms with E-state index in [1.807, 2.05) is 36.4 Å². The van der Waals surface area contributed by atoms with Gasteiger partial charge in [-0.3, -0.25) is 4.79 Å². The van der Waals surface area contributed by atoms with Gasteiger partial charge in [0.2, 0.25) is 0 Å². The summed E-state index contributed by atoms with van der Waals surface area (Å²) in [6.07, 6.45) is 8.56. The first-order valence-corrected chi connectivity index (χ1v) is 11.3. The van der Waals surface area contributed by atoms with E-state index in [2.05, 4.69) is 29.2 Å². The number of halogens is 1.